The Hall–Kier alpha value is -3.97. The SMILES string of the molecule is CCCCc1ccc(-c2ccc(-c3ccc(-c4ccc5c(c4)-c4cc(CC(C)C)cc[n+]4C(C)(CC)C5(C)CC)cc3)cc2)cc1. The molecule has 6 rings (SSSR count). The summed E-state index contributed by atoms with van der Waals surface area (Å²) in [5, 5.41) is 0. The van der Waals surface area contributed by atoms with Crippen LogP contribution in [0.3, 0.4) is 0 Å². The summed E-state index contributed by atoms with van der Waals surface area (Å²) in [6, 6.07) is 39.3. The number of aryl methyl sites for hydroxylation is 1. The Morgan fingerprint density at radius 2 is 1.11 bits per heavy atom. The van der Waals surface area contributed by atoms with Crippen LogP contribution in [-0.4, -0.2) is 0 Å². The van der Waals surface area contributed by atoms with Crippen molar-refractivity contribution in [1.82, 2.24) is 0 Å². The monoisotopic (exact) mass is 606 g/mol. The highest BCUT2D eigenvalue weighted by Crippen LogP contribution is 2.50. The molecule has 1 aromatic heterocycles. The maximum Gasteiger partial charge on any atom is 0.213 e. The molecule has 0 radical (unpaired) electrons. The minimum Gasteiger partial charge on any atom is -0.192 e. The van der Waals surface area contributed by atoms with Crippen molar-refractivity contribution in [2.45, 2.75) is 97.9 Å². The Balaban J connectivity index is 1.31. The van der Waals surface area contributed by atoms with E-state index in [4.69, 9.17) is 0 Å². The van der Waals surface area contributed by atoms with E-state index in [9.17, 15) is 0 Å². The van der Waals surface area contributed by atoms with Gasteiger partial charge in [-0.3, -0.25) is 0 Å². The quantitative estimate of drug-likeness (QED) is 0.139. The predicted octanol–water partition coefficient (Wildman–Crippen LogP) is 12.0. The molecule has 0 spiro atoms. The van der Waals surface area contributed by atoms with Crippen LogP contribution >= 0.6 is 0 Å². The van der Waals surface area contributed by atoms with E-state index >= 15 is 0 Å². The van der Waals surface area contributed by atoms with E-state index in [1.165, 1.54) is 80.6 Å². The predicted molar refractivity (Wildman–Crippen MR) is 197 cm³/mol. The van der Waals surface area contributed by atoms with Gasteiger partial charge in [-0.05, 0) is 94.7 Å². The minimum absolute atomic E-state index is 0.0112. The molecule has 0 saturated carbocycles. The molecule has 1 aliphatic heterocycles. The first-order chi connectivity index (χ1) is 22.2. The van der Waals surface area contributed by atoms with Crippen LogP contribution in [0.1, 0.15) is 90.8 Å². The van der Waals surface area contributed by atoms with E-state index < -0.39 is 0 Å². The number of fused-ring (bicyclic) bond motifs is 3. The van der Waals surface area contributed by atoms with Crippen LogP contribution in [-0.2, 0) is 23.8 Å². The summed E-state index contributed by atoms with van der Waals surface area (Å²) in [6.45, 7) is 16.5. The van der Waals surface area contributed by atoms with Crippen LogP contribution in [0.25, 0.3) is 44.6 Å². The first kappa shape index (κ1) is 32.0. The molecule has 1 nitrogen and oxygen atoms in total. The zero-order valence-corrected chi connectivity index (χ0v) is 29.2. The molecule has 4 aromatic carbocycles. The lowest BCUT2D eigenvalue weighted by atomic mass is 9.60. The second-order valence-corrected chi connectivity index (χ2v) is 14.4. The average Bonchev–Trinajstić information content (AvgIpc) is 3.09. The van der Waals surface area contributed by atoms with Crippen LogP contribution < -0.4 is 4.57 Å². The van der Waals surface area contributed by atoms with E-state index in [-0.39, 0.29) is 11.0 Å². The second kappa shape index (κ2) is 13.0. The molecule has 2 atom stereocenters. The number of rotatable bonds is 10. The van der Waals surface area contributed by atoms with Gasteiger partial charge in [0.05, 0.1) is 11.0 Å². The number of benzene rings is 4. The van der Waals surface area contributed by atoms with Gasteiger partial charge in [0.1, 0.15) is 0 Å². The zero-order valence-electron chi connectivity index (χ0n) is 29.2. The number of unbranched alkanes of at least 4 members (excludes halogenated alkanes) is 1. The van der Waals surface area contributed by atoms with Gasteiger partial charge in [-0.15, -0.1) is 0 Å². The number of pyridine rings is 1. The largest absolute Gasteiger partial charge is 0.213 e. The van der Waals surface area contributed by atoms with Crippen LogP contribution in [0.4, 0.5) is 0 Å². The fraction of sp³-hybridized carbons (Fsp3) is 0.356. The van der Waals surface area contributed by atoms with Crippen molar-refractivity contribution < 1.29 is 4.57 Å². The molecule has 5 aromatic rings. The molecular weight excluding hydrogens is 555 g/mol. The Kier molecular flexibility index (Phi) is 9.06. The molecule has 2 unspecified atom stereocenters. The van der Waals surface area contributed by atoms with Gasteiger partial charge in [0.15, 0.2) is 11.7 Å². The van der Waals surface area contributed by atoms with Crippen LogP contribution in [0, 0.1) is 5.92 Å². The van der Waals surface area contributed by atoms with Crippen LogP contribution in [0.15, 0.2) is 109 Å². The molecule has 2 heterocycles. The molecule has 1 heteroatoms. The van der Waals surface area contributed by atoms with Gasteiger partial charge in [-0.1, -0.05) is 126 Å². The molecule has 0 aliphatic carbocycles. The highest BCUT2D eigenvalue weighted by Gasteiger charge is 2.56. The van der Waals surface area contributed by atoms with E-state index in [0.717, 1.165) is 19.3 Å². The maximum absolute atomic E-state index is 2.60. The highest BCUT2D eigenvalue weighted by molar-refractivity contribution is 5.77. The summed E-state index contributed by atoms with van der Waals surface area (Å²) >= 11 is 0. The van der Waals surface area contributed by atoms with Gasteiger partial charge < -0.3 is 0 Å². The smallest absolute Gasteiger partial charge is 0.192 e. The van der Waals surface area contributed by atoms with Gasteiger partial charge in [0.2, 0.25) is 5.69 Å². The van der Waals surface area contributed by atoms with Gasteiger partial charge in [0.25, 0.3) is 0 Å². The van der Waals surface area contributed by atoms with Crippen molar-refractivity contribution in [2.75, 3.05) is 0 Å². The van der Waals surface area contributed by atoms with Crippen LogP contribution in [0.5, 0.6) is 0 Å². The second-order valence-electron chi connectivity index (χ2n) is 14.4. The van der Waals surface area contributed by atoms with Crippen LogP contribution in [0.2, 0.25) is 0 Å². The summed E-state index contributed by atoms with van der Waals surface area (Å²) in [5.41, 5.74) is 14.7. The molecule has 0 bridgehead atoms. The zero-order chi connectivity index (χ0) is 32.5. The third-order valence-electron chi connectivity index (χ3n) is 11.2. The molecule has 0 N–H and O–H groups in total. The first-order valence-electron chi connectivity index (χ1n) is 17.7. The van der Waals surface area contributed by atoms with Crippen molar-refractivity contribution in [2.24, 2.45) is 5.92 Å². The standard InChI is InChI=1S/C45H52N/c1-8-11-12-33-13-15-35(16-14-33)36-17-19-37(20-18-36)38-21-23-39(24-22-38)40-25-26-42-41(31-40)43-30-34(29-32(4)5)27-28-46(43)45(7,10-3)44(42,6)9-2/h13-28,30-32H,8-12,29H2,1-7H3/q+1. The lowest BCUT2D eigenvalue weighted by Gasteiger charge is -2.46. The van der Waals surface area contributed by atoms with Crippen molar-refractivity contribution in [3.8, 4) is 44.6 Å². The summed E-state index contributed by atoms with van der Waals surface area (Å²) in [6.07, 6.45) is 9.32. The highest BCUT2D eigenvalue weighted by atomic mass is 15.1. The van der Waals surface area contributed by atoms with Crippen molar-refractivity contribution >= 4 is 0 Å². The summed E-state index contributed by atoms with van der Waals surface area (Å²) in [4.78, 5) is 0. The lowest BCUT2D eigenvalue weighted by Crippen LogP contribution is -2.67. The molecule has 0 saturated heterocycles. The summed E-state index contributed by atoms with van der Waals surface area (Å²) in [7, 11) is 0. The molecular formula is C45H52N+. The van der Waals surface area contributed by atoms with Crippen molar-refractivity contribution in [3.63, 3.8) is 0 Å². The van der Waals surface area contributed by atoms with Gasteiger partial charge in [-0.2, -0.15) is 4.57 Å². The fourth-order valence-electron chi connectivity index (χ4n) is 7.84. The molecule has 1 aliphatic rings. The third kappa shape index (κ3) is 5.74. The van der Waals surface area contributed by atoms with E-state index in [1.54, 1.807) is 0 Å². The van der Waals surface area contributed by atoms with E-state index in [0.29, 0.717) is 5.92 Å². The van der Waals surface area contributed by atoms with Crippen molar-refractivity contribution in [1.29, 1.82) is 0 Å². The van der Waals surface area contributed by atoms with E-state index in [2.05, 4.69) is 162 Å². The normalized spacial score (nSPS) is 18.8. The van der Waals surface area contributed by atoms with E-state index in [1.807, 2.05) is 0 Å². The summed E-state index contributed by atoms with van der Waals surface area (Å²) in [5.74, 6) is 0.632. The number of hydrogen-bond acceptors (Lipinski definition) is 0. The van der Waals surface area contributed by atoms with Gasteiger partial charge in [0, 0.05) is 25.5 Å². The maximum atomic E-state index is 2.60. The summed E-state index contributed by atoms with van der Waals surface area (Å²) < 4.78 is 2.60. The fourth-order valence-corrected chi connectivity index (χ4v) is 7.84. The Morgan fingerprint density at radius 1 is 0.587 bits per heavy atom. The van der Waals surface area contributed by atoms with Gasteiger partial charge in [-0.25, -0.2) is 0 Å². The third-order valence-corrected chi connectivity index (χ3v) is 11.2. The average molecular weight is 607 g/mol. The molecule has 0 amide bonds. The molecule has 0 fully saturated rings. The number of aromatic nitrogens is 1. The van der Waals surface area contributed by atoms with Crippen molar-refractivity contribution in [3.05, 3.63) is 126 Å². The Labute approximate surface area is 278 Å². The number of nitrogens with zero attached hydrogens (tertiary/aromatic N) is 1. The van der Waals surface area contributed by atoms with Gasteiger partial charge >= 0.3 is 0 Å². The number of hydrogen-bond donors (Lipinski definition) is 0. The lowest BCUT2D eigenvalue weighted by molar-refractivity contribution is -0.765. The first-order valence-corrected chi connectivity index (χ1v) is 17.7. The molecule has 236 valence electrons. The Bertz CT molecular complexity index is 1790. The Morgan fingerprint density at radius 3 is 1.61 bits per heavy atom. The molecule has 46 heavy (non-hydrogen) atoms. The topological polar surface area (TPSA) is 3.88 Å². The minimum atomic E-state index is 0.0112.